The van der Waals surface area contributed by atoms with E-state index in [2.05, 4.69) is 9.98 Å². The Morgan fingerprint density at radius 1 is 1.38 bits per heavy atom. The molecule has 0 aliphatic carbocycles. The van der Waals surface area contributed by atoms with Crippen LogP contribution in [0.3, 0.4) is 0 Å². The Morgan fingerprint density at radius 3 is 2.96 bits per heavy atom. The number of aromatic nitrogens is 2. The van der Waals surface area contributed by atoms with Crippen molar-refractivity contribution in [3.05, 3.63) is 46.1 Å². The first kappa shape index (κ1) is 17.0. The molecule has 1 aliphatic rings. The van der Waals surface area contributed by atoms with Crippen molar-refractivity contribution in [2.45, 2.75) is 11.4 Å². The lowest BCUT2D eigenvalue weighted by Gasteiger charge is -2.16. The fourth-order valence-corrected chi connectivity index (χ4v) is 5.12. The average Bonchev–Trinajstić information content (AvgIpc) is 3.13. The van der Waals surface area contributed by atoms with Crippen molar-refractivity contribution >= 4 is 49.6 Å². The van der Waals surface area contributed by atoms with Crippen molar-refractivity contribution in [1.29, 1.82) is 0 Å². The number of fused-ring (bicyclic) bond motifs is 2. The lowest BCUT2D eigenvalue weighted by Crippen LogP contribution is -2.28. The van der Waals surface area contributed by atoms with Crippen molar-refractivity contribution in [2.75, 3.05) is 6.54 Å². The molecule has 0 unspecified atom stereocenters. The largest absolute Gasteiger partial charge is 0.378 e. The summed E-state index contributed by atoms with van der Waals surface area (Å²) in [5.41, 5.74) is 6.82. The normalized spacial score (nSPS) is 14.1. The second-order valence-electron chi connectivity index (χ2n) is 5.46. The molecule has 1 aliphatic heterocycles. The van der Waals surface area contributed by atoms with Gasteiger partial charge in [0.1, 0.15) is 11.5 Å². The number of hydrogen-bond donors (Lipinski definition) is 1. The number of primary amides is 1. The van der Waals surface area contributed by atoms with E-state index in [1.165, 1.54) is 21.8 Å². The van der Waals surface area contributed by atoms with Crippen LogP contribution >= 0.6 is 22.9 Å². The fourth-order valence-electron chi connectivity index (χ4n) is 2.77. The third kappa shape index (κ3) is 2.75. The van der Waals surface area contributed by atoms with E-state index < -0.39 is 16.0 Å². The minimum atomic E-state index is -4.20. The van der Waals surface area contributed by atoms with Gasteiger partial charge in [-0.3, -0.25) is 14.2 Å². The van der Waals surface area contributed by atoms with Gasteiger partial charge in [0, 0.05) is 23.7 Å². The van der Waals surface area contributed by atoms with Crippen LogP contribution in [0.4, 0.5) is 0 Å². The molecule has 3 heterocycles. The number of hydrogen-bond acceptors (Lipinski definition) is 7. The van der Waals surface area contributed by atoms with Crippen LogP contribution in [0.5, 0.6) is 5.75 Å². The van der Waals surface area contributed by atoms with Gasteiger partial charge in [0.05, 0.1) is 0 Å². The molecule has 8 nitrogen and oxygen atoms in total. The minimum Gasteiger partial charge on any atom is -0.378 e. The van der Waals surface area contributed by atoms with E-state index in [1.807, 2.05) is 0 Å². The number of aliphatic imine (C=N–C) groups is 1. The molecule has 0 saturated heterocycles. The summed E-state index contributed by atoms with van der Waals surface area (Å²) in [7, 11) is -4.20. The highest BCUT2D eigenvalue weighted by Crippen LogP contribution is 2.29. The summed E-state index contributed by atoms with van der Waals surface area (Å²) in [5.74, 6) is -0.520. The molecule has 0 radical (unpaired) electrons. The van der Waals surface area contributed by atoms with Crippen molar-refractivity contribution < 1.29 is 17.4 Å². The van der Waals surface area contributed by atoms with Gasteiger partial charge < -0.3 is 9.92 Å². The first-order valence-corrected chi connectivity index (χ1v) is 10.1. The summed E-state index contributed by atoms with van der Waals surface area (Å²) < 4.78 is 32.0. The van der Waals surface area contributed by atoms with Crippen LogP contribution in [-0.4, -0.2) is 36.0 Å². The van der Waals surface area contributed by atoms with E-state index in [-0.39, 0.29) is 21.6 Å². The molecule has 2 N–H and O–H groups in total. The maximum absolute atomic E-state index is 12.7. The maximum Gasteiger partial charge on any atom is 0.358 e. The third-order valence-electron chi connectivity index (χ3n) is 3.84. The van der Waals surface area contributed by atoms with E-state index in [9.17, 15) is 13.2 Å². The summed E-state index contributed by atoms with van der Waals surface area (Å²) in [6.07, 6.45) is 2.10. The van der Waals surface area contributed by atoms with Gasteiger partial charge in [0.15, 0.2) is 10.1 Å². The lowest BCUT2D eigenvalue weighted by atomic mass is 9.97. The molecule has 134 valence electrons. The van der Waals surface area contributed by atoms with Gasteiger partial charge in [-0.2, -0.15) is 8.42 Å². The lowest BCUT2D eigenvalue weighted by molar-refractivity contribution is -0.111. The van der Waals surface area contributed by atoms with Crippen LogP contribution < -0.4 is 9.92 Å². The average molecular weight is 411 g/mol. The van der Waals surface area contributed by atoms with Gasteiger partial charge in [-0.05, 0) is 30.2 Å². The predicted molar refractivity (Wildman–Crippen MR) is 96.6 cm³/mol. The number of nitrogens with zero attached hydrogens (tertiary/aromatic N) is 3. The molecule has 1 aromatic carbocycles. The van der Waals surface area contributed by atoms with E-state index in [4.69, 9.17) is 21.5 Å². The number of carbonyl (C=O) groups excluding carboxylic acids is 1. The highest BCUT2D eigenvalue weighted by atomic mass is 35.5. The number of thiazole rings is 1. The molecule has 26 heavy (non-hydrogen) atoms. The molecule has 3 aromatic rings. The summed E-state index contributed by atoms with van der Waals surface area (Å²) in [6.45, 7) is 0.394. The second-order valence-corrected chi connectivity index (χ2v) is 8.16. The Morgan fingerprint density at radius 2 is 2.19 bits per heavy atom. The Labute approximate surface area is 157 Å². The molecular weight excluding hydrogens is 400 g/mol. The Hall–Kier alpha value is -2.43. The molecule has 1 amide bonds. The van der Waals surface area contributed by atoms with Crippen LogP contribution in [0, 0.1) is 0 Å². The smallest absolute Gasteiger partial charge is 0.358 e. The topological polar surface area (TPSA) is 116 Å². The van der Waals surface area contributed by atoms with Crippen molar-refractivity contribution in [3.8, 4) is 5.75 Å². The molecule has 2 aromatic heterocycles. The van der Waals surface area contributed by atoms with Crippen LogP contribution in [0.2, 0.25) is 5.15 Å². The Bertz CT molecular complexity index is 1180. The van der Waals surface area contributed by atoms with Gasteiger partial charge in [-0.15, -0.1) is 11.3 Å². The zero-order valence-electron chi connectivity index (χ0n) is 13.0. The van der Waals surface area contributed by atoms with Crippen LogP contribution in [0.25, 0.3) is 4.96 Å². The number of nitrogens with two attached hydrogens (primary N) is 1. The molecular formula is C15H11ClN4O4S2. The number of carbonyl (C=O) groups is 1. The summed E-state index contributed by atoms with van der Waals surface area (Å²) in [4.78, 5) is 20.0. The number of imidazole rings is 1. The highest BCUT2D eigenvalue weighted by molar-refractivity contribution is 7.87. The van der Waals surface area contributed by atoms with Crippen LogP contribution in [0.15, 0.2) is 39.8 Å². The Kier molecular flexibility index (Phi) is 3.98. The first-order valence-electron chi connectivity index (χ1n) is 7.40. The number of rotatable bonds is 4. The summed E-state index contributed by atoms with van der Waals surface area (Å²) in [6, 6.07) is 4.57. The highest BCUT2D eigenvalue weighted by Gasteiger charge is 2.28. The Balaban J connectivity index is 1.72. The first-order chi connectivity index (χ1) is 12.4. The molecule has 0 spiro atoms. The zero-order valence-corrected chi connectivity index (χ0v) is 15.4. The monoisotopic (exact) mass is 410 g/mol. The second kappa shape index (κ2) is 6.08. The van der Waals surface area contributed by atoms with E-state index >= 15 is 0 Å². The van der Waals surface area contributed by atoms with E-state index in [0.717, 1.165) is 5.56 Å². The van der Waals surface area contributed by atoms with E-state index in [1.54, 1.807) is 23.7 Å². The summed E-state index contributed by atoms with van der Waals surface area (Å²) >= 11 is 7.23. The van der Waals surface area contributed by atoms with Crippen molar-refractivity contribution in [2.24, 2.45) is 10.7 Å². The van der Waals surface area contributed by atoms with Gasteiger partial charge >= 0.3 is 10.1 Å². The van der Waals surface area contributed by atoms with Crippen LogP contribution in [-0.2, 0) is 21.3 Å². The fraction of sp³-hybridized carbons (Fsp3) is 0.133. The van der Waals surface area contributed by atoms with Crippen molar-refractivity contribution in [1.82, 2.24) is 9.38 Å². The molecule has 4 rings (SSSR count). The molecule has 0 fully saturated rings. The standard InChI is InChI=1S/C15H11ClN4O4S2/c16-12-14(20-5-6-25-15(20)19-12)26(22,23)24-9-1-2-10-8(7-9)3-4-18-11(10)13(17)21/h1-2,5-7H,3-4H2,(H2,17,21). The van der Waals surface area contributed by atoms with Gasteiger partial charge in [0.2, 0.25) is 5.03 Å². The van der Waals surface area contributed by atoms with Gasteiger partial charge in [-0.1, -0.05) is 11.6 Å². The number of amides is 1. The van der Waals surface area contributed by atoms with Gasteiger partial charge in [0.25, 0.3) is 5.91 Å². The minimum absolute atomic E-state index is 0.107. The maximum atomic E-state index is 12.7. The third-order valence-corrected chi connectivity index (χ3v) is 6.25. The quantitative estimate of drug-likeness (QED) is 0.656. The number of benzene rings is 1. The van der Waals surface area contributed by atoms with Gasteiger partial charge in [-0.25, -0.2) is 4.98 Å². The molecule has 0 saturated carbocycles. The predicted octanol–water partition coefficient (Wildman–Crippen LogP) is 1.65. The molecule has 0 bridgehead atoms. The molecule has 11 heteroatoms. The summed E-state index contributed by atoms with van der Waals surface area (Å²) in [5, 5.41) is 1.31. The van der Waals surface area contributed by atoms with E-state index in [0.29, 0.717) is 23.5 Å². The zero-order chi connectivity index (χ0) is 18.5. The number of halogens is 1. The van der Waals surface area contributed by atoms with Crippen molar-refractivity contribution in [3.63, 3.8) is 0 Å². The van der Waals surface area contributed by atoms with Crippen LogP contribution in [0.1, 0.15) is 11.1 Å². The SMILES string of the molecule is NC(=O)C1=NCCc2cc(OS(=O)(=O)c3c(Cl)nc4sccn34)ccc21. The molecule has 0 atom stereocenters.